The fourth-order valence-electron chi connectivity index (χ4n) is 2.07. The summed E-state index contributed by atoms with van der Waals surface area (Å²) < 4.78 is 6.18. The summed E-state index contributed by atoms with van der Waals surface area (Å²) >= 11 is 1.41. The van der Waals surface area contributed by atoms with E-state index in [1.165, 1.54) is 11.5 Å². The number of rotatable bonds is 3. The van der Waals surface area contributed by atoms with Gasteiger partial charge in [0.25, 0.3) is 0 Å². The minimum Gasteiger partial charge on any atom is -0.377 e. The fraction of sp³-hybridized carbons (Fsp3) is 0.500. The summed E-state index contributed by atoms with van der Waals surface area (Å²) in [4.78, 5) is 6.70. The van der Waals surface area contributed by atoms with Gasteiger partial charge in [0.15, 0.2) is 0 Å². The smallest absolute Gasteiger partial charge is 0.134 e. The summed E-state index contributed by atoms with van der Waals surface area (Å²) in [6.45, 7) is 3.75. The van der Waals surface area contributed by atoms with Crippen LogP contribution in [0, 0.1) is 0 Å². The van der Waals surface area contributed by atoms with Crippen molar-refractivity contribution < 1.29 is 0 Å². The molecule has 0 saturated carbocycles. The van der Waals surface area contributed by atoms with E-state index in [4.69, 9.17) is 0 Å². The van der Waals surface area contributed by atoms with Gasteiger partial charge in [-0.3, -0.25) is 4.90 Å². The molecule has 0 amide bonds. The zero-order valence-electron chi connectivity index (χ0n) is 9.63. The molecule has 0 atom stereocenters. The molecule has 0 bridgehead atoms. The number of hydrogen-bond acceptors (Lipinski definition) is 6. The average molecular weight is 250 g/mol. The largest absolute Gasteiger partial charge is 0.377 e. The van der Waals surface area contributed by atoms with Gasteiger partial charge in [0, 0.05) is 50.6 Å². The van der Waals surface area contributed by atoms with Gasteiger partial charge in [-0.05, 0) is 0 Å². The number of nitrogens with one attached hydrogen (secondary N) is 1. The molecule has 2 aromatic rings. The van der Waals surface area contributed by atoms with E-state index in [-0.39, 0.29) is 0 Å². The van der Waals surface area contributed by atoms with Crippen molar-refractivity contribution >= 4 is 16.5 Å². The summed E-state index contributed by atoms with van der Waals surface area (Å²) in [6.07, 6.45) is 3.90. The predicted molar refractivity (Wildman–Crippen MR) is 65.8 cm³/mol. The lowest BCUT2D eigenvalue weighted by Crippen LogP contribution is -2.33. The summed E-state index contributed by atoms with van der Waals surface area (Å²) in [6, 6.07) is 0. The molecule has 0 radical (unpaired) electrons. The molecule has 2 aromatic heterocycles. The topological polar surface area (TPSA) is 58.9 Å². The van der Waals surface area contributed by atoms with Gasteiger partial charge in [-0.25, -0.2) is 4.98 Å². The maximum atomic E-state index is 4.35. The molecule has 0 aromatic carbocycles. The molecule has 0 unspecified atom stereocenters. The van der Waals surface area contributed by atoms with Gasteiger partial charge < -0.3 is 9.88 Å². The summed E-state index contributed by atoms with van der Waals surface area (Å²) in [7, 11) is 1.90. The highest BCUT2D eigenvalue weighted by atomic mass is 32.1. The molecule has 90 valence electrons. The first-order valence-electron chi connectivity index (χ1n) is 5.58. The lowest BCUT2D eigenvalue weighted by atomic mass is 10.3. The Balaban J connectivity index is 1.72. The van der Waals surface area contributed by atoms with Gasteiger partial charge >= 0.3 is 0 Å². The first-order valence-corrected chi connectivity index (χ1v) is 6.35. The van der Waals surface area contributed by atoms with Crippen LogP contribution in [0.25, 0.3) is 0 Å². The standard InChI is InChI=1S/C10H14N6S/c1-11-10-8(13-14-17-10)6-15-4-5-16-3-2-12-9(16)7-15/h2-3,11H,4-7H2,1H3. The maximum absolute atomic E-state index is 4.35. The van der Waals surface area contributed by atoms with Crippen LogP contribution in [0.5, 0.6) is 0 Å². The molecule has 1 aliphatic heterocycles. The second-order valence-electron chi connectivity index (χ2n) is 4.05. The molecule has 3 rings (SSSR count). The van der Waals surface area contributed by atoms with Crippen LogP contribution in [0.1, 0.15) is 11.5 Å². The summed E-state index contributed by atoms with van der Waals surface area (Å²) in [5.41, 5.74) is 1.03. The van der Waals surface area contributed by atoms with Gasteiger partial charge in [0.1, 0.15) is 16.5 Å². The SMILES string of the molecule is CNc1snnc1CN1CCn2ccnc2C1. The van der Waals surface area contributed by atoms with Gasteiger partial charge in [-0.1, -0.05) is 4.49 Å². The van der Waals surface area contributed by atoms with Crippen LogP contribution in [0.3, 0.4) is 0 Å². The number of imidazole rings is 1. The van der Waals surface area contributed by atoms with Crippen LogP contribution in [-0.4, -0.2) is 37.6 Å². The molecule has 0 aliphatic carbocycles. The predicted octanol–water partition coefficient (Wildman–Crippen LogP) is 0.792. The number of anilines is 1. The Morgan fingerprint density at radius 1 is 1.47 bits per heavy atom. The zero-order chi connectivity index (χ0) is 11.7. The highest BCUT2D eigenvalue weighted by molar-refractivity contribution is 7.10. The van der Waals surface area contributed by atoms with Crippen molar-refractivity contribution in [3.8, 4) is 0 Å². The number of fused-ring (bicyclic) bond motifs is 1. The molecule has 0 fully saturated rings. The van der Waals surface area contributed by atoms with E-state index >= 15 is 0 Å². The molecule has 1 N–H and O–H groups in total. The van der Waals surface area contributed by atoms with Gasteiger partial charge in [-0.15, -0.1) is 5.10 Å². The Morgan fingerprint density at radius 3 is 3.29 bits per heavy atom. The van der Waals surface area contributed by atoms with E-state index < -0.39 is 0 Å². The molecule has 7 heteroatoms. The van der Waals surface area contributed by atoms with Crippen molar-refractivity contribution in [3.63, 3.8) is 0 Å². The number of aromatic nitrogens is 4. The molecule has 0 spiro atoms. The summed E-state index contributed by atoms with van der Waals surface area (Å²) in [5, 5.41) is 8.34. The maximum Gasteiger partial charge on any atom is 0.134 e. The molecular formula is C10H14N6S. The van der Waals surface area contributed by atoms with Gasteiger partial charge in [0.2, 0.25) is 0 Å². The van der Waals surface area contributed by atoms with E-state index in [0.29, 0.717) is 0 Å². The summed E-state index contributed by atoms with van der Waals surface area (Å²) in [5.74, 6) is 1.13. The second kappa shape index (κ2) is 4.42. The molecule has 1 aliphatic rings. The van der Waals surface area contributed by atoms with E-state index in [9.17, 15) is 0 Å². The lowest BCUT2D eigenvalue weighted by Gasteiger charge is -2.26. The van der Waals surface area contributed by atoms with Crippen molar-refractivity contribution in [1.29, 1.82) is 0 Å². The number of hydrogen-bond donors (Lipinski definition) is 1. The highest BCUT2D eigenvalue weighted by Gasteiger charge is 2.18. The van der Waals surface area contributed by atoms with Crippen molar-refractivity contribution in [2.75, 3.05) is 18.9 Å². The Morgan fingerprint density at radius 2 is 2.41 bits per heavy atom. The van der Waals surface area contributed by atoms with Crippen LogP contribution < -0.4 is 5.32 Å². The fourth-order valence-corrected chi connectivity index (χ4v) is 2.60. The first-order chi connectivity index (χ1) is 8.36. The number of nitrogens with zero attached hydrogens (tertiary/aromatic N) is 5. The molecule has 17 heavy (non-hydrogen) atoms. The molecular weight excluding hydrogens is 236 g/mol. The van der Waals surface area contributed by atoms with Crippen molar-refractivity contribution in [2.45, 2.75) is 19.6 Å². The van der Waals surface area contributed by atoms with Crippen LogP contribution in [0.15, 0.2) is 12.4 Å². The van der Waals surface area contributed by atoms with Gasteiger partial charge in [0.05, 0.1) is 6.54 Å². The second-order valence-corrected chi connectivity index (χ2v) is 4.80. The van der Waals surface area contributed by atoms with Crippen molar-refractivity contribution in [2.24, 2.45) is 0 Å². The third-order valence-corrected chi connectivity index (χ3v) is 3.77. The Labute approximate surface area is 103 Å². The lowest BCUT2D eigenvalue weighted by molar-refractivity contribution is 0.207. The van der Waals surface area contributed by atoms with Crippen LogP contribution in [0.4, 0.5) is 5.00 Å². The molecule has 6 nitrogen and oxygen atoms in total. The van der Waals surface area contributed by atoms with E-state index in [2.05, 4.69) is 29.4 Å². The van der Waals surface area contributed by atoms with Crippen LogP contribution in [-0.2, 0) is 19.6 Å². The average Bonchev–Trinajstić information content (AvgIpc) is 2.96. The highest BCUT2D eigenvalue weighted by Crippen LogP contribution is 2.20. The quantitative estimate of drug-likeness (QED) is 0.873. The minimum atomic E-state index is 0.833. The van der Waals surface area contributed by atoms with Crippen LogP contribution in [0.2, 0.25) is 0 Å². The third-order valence-electron chi connectivity index (χ3n) is 2.98. The van der Waals surface area contributed by atoms with E-state index in [1.54, 1.807) is 0 Å². The third kappa shape index (κ3) is 2.03. The van der Waals surface area contributed by atoms with Crippen molar-refractivity contribution in [3.05, 3.63) is 23.9 Å². The molecule has 0 saturated heterocycles. The Kier molecular flexibility index (Phi) is 2.77. The first kappa shape index (κ1) is 10.7. The van der Waals surface area contributed by atoms with E-state index in [1.807, 2.05) is 19.4 Å². The monoisotopic (exact) mass is 250 g/mol. The Hall–Kier alpha value is -1.47. The van der Waals surface area contributed by atoms with Crippen LogP contribution >= 0.6 is 11.5 Å². The molecule has 3 heterocycles. The Bertz CT molecular complexity index is 504. The minimum absolute atomic E-state index is 0.833. The van der Waals surface area contributed by atoms with Crippen molar-refractivity contribution in [1.82, 2.24) is 24.0 Å². The van der Waals surface area contributed by atoms with E-state index in [0.717, 1.165) is 42.7 Å². The zero-order valence-corrected chi connectivity index (χ0v) is 10.4. The van der Waals surface area contributed by atoms with Gasteiger partial charge in [-0.2, -0.15) is 0 Å². The normalized spacial score (nSPS) is 15.8.